The third-order valence-electron chi connectivity index (χ3n) is 4.47. The molecule has 14 heteroatoms. The van der Waals surface area contributed by atoms with E-state index in [4.69, 9.17) is 34.8 Å². The maximum atomic E-state index is 14.5. The van der Waals surface area contributed by atoms with Crippen molar-refractivity contribution in [2.24, 2.45) is 5.92 Å². The van der Waals surface area contributed by atoms with Crippen LogP contribution >= 0.6 is 34.8 Å². The van der Waals surface area contributed by atoms with Gasteiger partial charge in [0.2, 0.25) is 5.91 Å². The standard InChI is InChI=1S/C19H11Cl3F5N3O3/c20-12-7(3-6(4-10(12)24)28-17(32)8-5-19(8,21)22)16(31)30-14-9(23)1-2-11(13(14)25)29-18(33)15(26)27/h1-4,8,15H,5H2,(H,28,32)(H,29,33)(H,30,31)/t8-/m1/s1. The van der Waals surface area contributed by atoms with Crippen molar-refractivity contribution >= 4 is 69.6 Å². The topological polar surface area (TPSA) is 87.3 Å². The monoisotopic (exact) mass is 529 g/mol. The fraction of sp³-hybridized carbons (Fsp3) is 0.211. The van der Waals surface area contributed by atoms with Crippen LogP contribution in [0.2, 0.25) is 5.02 Å². The number of hydrogen-bond acceptors (Lipinski definition) is 3. The van der Waals surface area contributed by atoms with Gasteiger partial charge in [0, 0.05) is 5.69 Å². The first kappa shape index (κ1) is 25.0. The van der Waals surface area contributed by atoms with Crippen molar-refractivity contribution in [3.05, 3.63) is 52.3 Å². The van der Waals surface area contributed by atoms with Gasteiger partial charge in [0.05, 0.1) is 22.2 Å². The Morgan fingerprint density at radius 1 is 1.00 bits per heavy atom. The van der Waals surface area contributed by atoms with Crippen molar-refractivity contribution in [3.63, 3.8) is 0 Å². The number of anilines is 3. The molecule has 33 heavy (non-hydrogen) atoms. The van der Waals surface area contributed by atoms with Gasteiger partial charge in [-0.15, -0.1) is 23.2 Å². The normalized spacial score (nSPS) is 16.3. The summed E-state index contributed by atoms with van der Waals surface area (Å²) in [4.78, 5) is 35.7. The van der Waals surface area contributed by atoms with Crippen LogP contribution in [0, 0.1) is 23.4 Å². The van der Waals surface area contributed by atoms with E-state index in [1.54, 1.807) is 5.32 Å². The molecular weight excluding hydrogens is 520 g/mol. The lowest BCUT2D eigenvalue weighted by atomic mass is 10.1. The predicted octanol–water partition coefficient (Wildman–Crippen LogP) is 5.35. The van der Waals surface area contributed by atoms with Crippen molar-refractivity contribution in [1.29, 1.82) is 0 Å². The number of hydrogen-bond donors (Lipinski definition) is 3. The molecule has 0 aromatic heterocycles. The molecule has 3 N–H and O–H groups in total. The van der Waals surface area contributed by atoms with Crippen LogP contribution in [0.1, 0.15) is 16.8 Å². The molecule has 0 unspecified atom stereocenters. The Morgan fingerprint density at radius 3 is 2.21 bits per heavy atom. The lowest BCUT2D eigenvalue weighted by Crippen LogP contribution is -2.22. The molecule has 0 aliphatic heterocycles. The molecule has 2 aromatic carbocycles. The fourth-order valence-electron chi connectivity index (χ4n) is 2.69. The van der Waals surface area contributed by atoms with Gasteiger partial charge in [0.15, 0.2) is 5.82 Å². The number of benzene rings is 2. The number of nitrogens with one attached hydrogen (secondary N) is 3. The van der Waals surface area contributed by atoms with Gasteiger partial charge in [0.25, 0.3) is 11.8 Å². The number of halogens is 8. The van der Waals surface area contributed by atoms with Crippen LogP contribution in [-0.2, 0) is 9.59 Å². The highest BCUT2D eigenvalue weighted by Gasteiger charge is 2.56. The molecule has 0 spiro atoms. The van der Waals surface area contributed by atoms with E-state index in [0.29, 0.717) is 12.1 Å². The molecule has 0 heterocycles. The van der Waals surface area contributed by atoms with Crippen LogP contribution in [0.15, 0.2) is 24.3 Å². The van der Waals surface area contributed by atoms with E-state index in [2.05, 4.69) is 5.32 Å². The number of amides is 3. The Labute approximate surface area is 197 Å². The third-order valence-corrected chi connectivity index (χ3v) is 5.69. The zero-order valence-corrected chi connectivity index (χ0v) is 18.2. The molecule has 3 amide bonds. The van der Waals surface area contributed by atoms with Crippen molar-refractivity contribution < 1.29 is 36.3 Å². The molecule has 1 fully saturated rings. The predicted molar refractivity (Wildman–Crippen MR) is 112 cm³/mol. The summed E-state index contributed by atoms with van der Waals surface area (Å²) >= 11 is 17.4. The molecular formula is C19H11Cl3F5N3O3. The summed E-state index contributed by atoms with van der Waals surface area (Å²) in [6.45, 7) is 0. The number of alkyl halides is 4. The summed E-state index contributed by atoms with van der Waals surface area (Å²) in [5, 5.41) is 4.89. The first-order valence-electron chi connectivity index (χ1n) is 8.88. The minimum absolute atomic E-state index is 0.155. The molecule has 1 saturated carbocycles. The van der Waals surface area contributed by atoms with Crippen molar-refractivity contribution in [2.75, 3.05) is 16.0 Å². The molecule has 3 rings (SSSR count). The molecule has 176 valence electrons. The first-order chi connectivity index (χ1) is 15.3. The highest BCUT2D eigenvalue weighted by molar-refractivity contribution is 6.52. The van der Waals surface area contributed by atoms with Crippen molar-refractivity contribution in [1.82, 2.24) is 0 Å². The lowest BCUT2D eigenvalue weighted by Gasteiger charge is -2.14. The summed E-state index contributed by atoms with van der Waals surface area (Å²) < 4.78 is 66.4. The number of carbonyl (C=O) groups is 3. The number of rotatable bonds is 6. The molecule has 0 bridgehead atoms. The van der Waals surface area contributed by atoms with E-state index in [1.807, 2.05) is 0 Å². The van der Waals surface area contributed by atoms with Crippen LogP contribution in [-0.4, -0.2) is 28.5 Å². The van der Waals surface area contributed by atoms with E-state index in [9.17, 15) is 36.3 Å². The zero-order chi connectivity index (χ0) is 24.7. The Hall–Kier alpha value is -2.63. The minimum Gasteiger partial charge on any atom is -0.326 e. The molecule has 6 nitrogen and oxygen atoms in total. The summed E-state index contributed by atoms with van der Waals surface area (Å²) in [5.74, 6) is -8.64. The van der Waals surface area contributed by atoms with Crippen molar-refractivity contribution in [3.8, 4) is 0 Å². The maximum absolute atomic E-state index is 14.5. The van der Waals surface area contributed by atoms with E-state index in [-0.39, 0.29) is 12.1 Å². The van der Waals surface area contributed by atoms with Crippen LogP contribution in [0.5, 0.6) is 0 Å². The lowest BCUT2D eigenvalue weighted by molar-refractivity contribution is -0.126. The highest BCUT2D eigenvalue weighted by atomic mass is 35.5. The van der Waals surface area contributed by atoms with Crippen LogP contribution in [0.25, 0.3) is 0 Å². The van der Waals surface area contributed by atoms with Gasteiger partial charge in [-0.25, -0.2) is 13.2 Å². The largest absolute Gasteiger partial charge is 0.326 e. The fourth-order valence-corrected chi connectivity index (χ4v) is 3.39. The second-order valence-electron chi connectivity index (χ2n) is 6.85. The van der Waals surface area contributed by atoms with Gasteiger partial charge in [0.1, 0.15) is 21.7 Å². The molecule has 1 atom stereocenters. The van der Waals surface area contributed by atoms with Gasteiger partial charge in [-0.1, -0.05) is 11.6 Å². The van der Waals surface area contributed by atoms with Gasteiger partial charge in [-0.3, -0.25) is 14.4 Å². The minimum atomic E-state index is -3.48. The highest BCUT2D eigenvalue weighted by Crippen LogP contribution is 2.53. The summed E-state index contributed by atoms with van der Waals surface area (Å²) in [7, 11) is 0. The van der Waals surface area contributed by atoms with E-state index in [1.165, 1.54) is 5.32 Å². The average molecular weight is 531 g/mol. The molecule has 1 aliphatic carbocycles. The van der Waals surface area contributed by atoms with E-state index in [0.717, 1.165) is 12.1 Å². The Kier molecular flexibility index (Phi) is 7.06. The Balaban J connectivity index is 1.86. The molecule has 0 radical (unpaired) electrons. The average Bonchev–Trinajstić information content (AvgIpc) is 3.37. The summed E-state index contributed by atoms with van der Waals surface area (Å²) in [5.41, 5.74) is -2.80. The van der Waals surface area contributed by atoms with Gasteiger partial charge in [-0.05, 0) is 30.7 Å². The van der Waals surface area contributed by atoms with Crippen molar-refractivity contribution in [2.45, 2.75) is 17.2 Å². The molecule has 0 saturated heterocycles. The van der Waals surface area contributed by atoms with Gasteiger partial charge >= 0.3 is 6.43 Å². The Morgan fingerprint density at radius 2 is 1.64 bits per heavy atom. The van der Waals surface area contributed by atoms with E-state index < -0.39 is 73.8 Å². The van der Waals surface area contributed by atoms with Crippen LogP contribution in [0.4, 0.5) is 39.0 Å². The molecule has 2 aromatic rings. The van der Waals surface area contributed by atoms with Crippen LogP contribution < -0.4 is 16.0 Å². The van der Waals surface area contributed by atoms with Gasteiger partial charge < -0.3 is 16.0 Å². The van der Waals surface area contributed by atoms with Gasteiger partial charge in [-0.2, -0.15) is 8.78 Å². The summed E-state index contributed by atoms with van der Waals surface area (Å²) in [6.07, 6.45) is -3.33. The first-order valence-corrected chi connectivity index (χ1v) is 10.0. The molecule has 1 aliphatic rings. The second-order valence-corrected chi connectivity index (χ2v) is 8.77. The van der Waals surface area contributed by atoms with Crippen LogP contribution in [0.3, 0.4) is 0 Å². The maximum Gasteiger partial charge on any atom is 0.315 e. The number of carbonyl (C=O) groups excluding carboxylic acids is 3. The zero-order valence-electron chi connectivity index (χ0n) is 15.9. The quantitative estimate of drug-likeness (QED) is 0.348. The second kappa shape index (κ2) is 9.32. The van der Waals surface area contributed by atoms with E-state index >= 15 is 0 Å². The Bertz CT molecular complexity index is 1160. The SMILES string of the molecule is O=C(Nc1c(F)ccc(NC(=O)C(F)F)c1F)c1cc(NC(=O)[C@H]2CC2(Cl)Cl)cc(F)c1Cl. The summed E-state index contributed by atoms with van der Waals surface area (Å²) in [6, 6.07) is 2.99. The smallest absolute Gasteiger partial charge is 0.315 e. The third kappa shape index (κ3) is 5.48.